The summed E-state index contributed by atoms with van der Waals surface area (Å²) in [6, 6.07) is 14.6. The normalized spacial score (nSPS) is 34.2. The number of hydrogen-bond donors (Lipinski definition) is 11. The standard InChI is InChI=1S/C72H88N10O9/c1-43(83)89-51-35-59(50-33-57(85)66(86)61(34-50)88-30-22-44-9-8-27-75-39-44)91-63(36-51)70-23-5-11-48-10-3-4-13-54(48)78-68(87)65-67(82-41-49-21-29-76-55(49)42-82)80-69(79-62-18-16-47-19-26-71(62,53(47)40-74-2)38-46-20-28-77-64(73)32-46)81-72(65)25-7-14-58(52(72)12-6-24-70)90-60-31-45(37-70)15-17-56(60)84/h8-9,15,17,20-21,27,29,31-34,39,41-42,47-48,51-54,58-59,62-63,65,67-68,74,76-78,84-87H,3-4,7,10,13-14,16,18-19,22-26,28,30,35-38,40,73H2,1-2H3,(H2,79,80,81)/t47-,48+,51-,52+,53+,54-,58-,59-,62-,63+,65+,67-,68-,70-,71-,72-/m0/s1. The molecule has 6 bridgehead atoms. The van der Waals surface area contributed by atoms with Gasteiger partial charge in [0.05, 0.1) is 47.5 Å². The number of aromatic hydroxyl groups is 3. The van der Waals surface area contributed by atoms with Crippen LogP contribution in [0.25, 0.3) is 10.9 Å². The number of nitrogens with one attached hydrogen (secondary N) is 6. The van der Waals surface area contributed by atoms with Crippen molar-refractivity contribution in [2.75, 3.05) is 26.7 Å². The summed E-state index contributed by atoms with van der Waals surface area (Å²) in [4.78, 5) is 26.7. The van der Waals surface area contributed by atoms with Crippen LogP contribution in [0.4, 0.5) is 0 Å². The van der Waals surface area contributed by atoms with Crippen molar-refractivity contribution in [3.8, 4) is 52.4 Å². The Labute approximate surface area is 532 Å². The fourth-order valence-corrected chi connectivity index (χ4v) is 17.9. The molecule has 8 heterocycles. The van der Waals surface area contributed by atoms with Gasteiger partial charge in [0, 0.05) is 105 Å². The van der Waals surface area contributed by atoms with Crippen LogP contribution in [0.15, 0.2) is 108 Å². The van der Waals surface area contributed by atoms with Crippen LogP contribution in [0.3, 0.4) is 0 Å². The number of benzene rings is 2. The Hall–Kier alpha value is -7.81. The number of rotatable bonds is 13. The average molecular weight is 1240 g/mol. The Morgan fingerprint density at radius 1 is 0.967 bits per heavy atom. The number of fused-ring (bicyclic) bond motifs is 8. The zero-order chi connectivity index (χ0) is 62.4. The van der Waals surface area contributed by atoms with Crippen molar-refractivity contribution >= 4 is 22.8 Å². The number of aromatic amines is 1. The van der Waals surface area contributed by atoms with E-state index >= 15 is 0 Å². The van der Waals surface area contributed by atoms with Gasteiger partial charge in [0.2, 0.25) is 5.75 Å². The fraction of sp³-hybridized carbons (Fsp3) is 0.542. The molecule has 5 aliphatic heterocycles. The lowest BCUT2D eigenvalue weighted by atomic mass is 9.61. The SMILES string of the molecule is CNC[C@@H]1[C@H]2CC[C@H](NC3=N[C@@H](n4cc5cc[nH]c5c4)[C@@H]4[C@H](O)N[C@H]5CCCC[C@@H]5C#CC[C@]5([C@H]6C[C@@H](OC(C)=O)C[C@@H](c7cc(O)c(O)c(OCCc8cccnc8)c7)O6)CC#C[C@@H]6[C@H](CCC[C@@]46N3)Oc3cc(ccc3O)C5)[C@]1(CC1=CCNC(N)=C1)CC2. The van der Waals surface area contributed by atoms with Gasteiger partial charge in [0.25, 0.3) is 0 Å². The molecule has 91 heavy (non-hydrogen) atoms. The van der Waals surface area contributed by atoms with Gasteiger partial charge in [0.1, 0.15) is 24.6 Å². The minimum absolute atomic E-state index is 0.00400. The zero-order valence-electron chi connectivity index (χ0n) is 52.3. The average Bonchev–Trinajstić information content (AvgIpc) is 1.76. The molecule has 12 N–H and O–H groups in total. The van der Waals surface area contributed by atoms with E-state index in [0.717, 1.165) is 92.8 Å². The summed E-state index contributed by atoms with van der Waals surface area (Å²) in [5.74, 6) is 15.7. The number of aliphatic hydroxyl groups is 1. The zero-order valence-corrected chi connectivity index (χ0v) is 52.3. The Kier molecular flexibility index (Phi) is 16.9. The number of aliphatic hydroxyl groups excluding tert-OH is 1. The number of aromatic nitrogens is 3. The minimum atomic E-state index is -1.09. The number of ether oxygens (including phenoxy) is 4. The molecule has 16 atom stereocenters. The molecule has 19 heteroatoms. The van der Waals surface area contributed by atoms with Crippen LogP contribution in [0.1, 0.15) is 139 Å². The molecule has 0 radical (unpaired) electrons. The number of aliphatic imine (C=N–C) groups is 1. The van der Waals surface area contributed by atoms with Crippen molar-refractivity contribution in [3.63, 3.8) is 0 Å². The molecular formula is C72H88N10O9. The summed E-state index contributed by atoms with van der Waals surface area (Å²) in [6.45, 7) is 3.22. The number of pyridine rings is 1. The highest BCUT2D eigenvalue weighted by molar-refractivity contribution is 5.83. The molecular weight excluding hydrogens is 1150 g/mol. The van der Waals surface area contributed by atoms with Crippen molar-refractivity contribution < 1.29 is 44.2 Å². The Morgan fingerprint density at radius 3 is 2.68 bits per heavy atom. The topological polar surface area (TPSA) is 267 Å². The van der Waals surface area contributed by atoms with Crippen LogP contribution in [0.2, 0.25) is 0 Å². The molecule has 4 saturated carbocycles. The molecule has 3 aromatic heterocycles. The van der Waals surface area contributed by atoms with Crippen LogP contribution in [0, 0.1) is 64.1 Å². The van der Waals surface area contributed by atoms with Gasteiger partial charge in [-0.1, -0.05) is 42.9 Å². The number of carbonyl (C=O) groups excluding carboxylic acids is 1. The lowest BCUT2D eigenvalue weighted by Crippen LogP contribution is -2.73. The van der Waals surface area contributed by atoms with Crippen molar-refractivity contribution in [1.29, 1.82) is 0 Å². The minimum Gasteiger partial charge on any atom is -0.504 e. The number of H-pyrrole nitrogens is 1. The van der Waals surface area contributed by atoms with Crippen molar-refractivity contribution in [3.05, 3.63) is 120 Å². The molecule has 5 aromatic rings. The molecule has 9 aliphatic rings. The number of nitrogens with two attached hydrogens (primary N) is 1. The second kappa shape index (κ2) is 25.4. The number of allylic oxidation sites excluding steroid dienone is 2. The Balaban J connectivity index is 0.907. The third kappa shape index (κ3) is 12.0. The summed E-state index contributed by atoms with van der Waals surface area (Å²) in [5.41, 5.74) is 9.09. The van der Waals surface area contributed by atoms with Crippen LogP contribution in [-0.2, 0) is 27.1 Å². The van der Waals surface area contributed by atoms with E-state index in [1.165, 1.54) is 18.6 Å². The maximum atomic E-state index is 13.6. The van der Waals surface area contributed by atoms with E-state index in [4.69, 9.17) is 29.7 Å². The number of guanidine groups is 1. The second-order valence-electron chi connectivity index (χ2n) is 27.7. The summed E-state index contributed by atoms with van der Waals surface area (Å²) < 4.78 is 29.4. The summed E-state index contributed by atoms with van der Waals surface area (Å²) in [6.07, 6.45) is 22.7. The van der Waals surface area contributed by atoms with Crippen LogP contribution >= 0.6 is 0 Å². The molecule has 1 saturated heterocycles. The third-order valence-electron chi connectivity index (χ3n) is 22.2. The quantitative estimate of drug-likeness (QED) is 0.0300. The van der Waals surface area contributed by atoms with E-state index in [1.807, 2.05) is 30.5 Å². The molecule has 14 rings (SSSR count). The number of dihydropyridines is 1. The molecule has 0 amide bonds. The first-order valence-corrected chi connectivity index (χ1v) is 33.4. The van der Waals surface area contributed by atoms with Gasteiger partial charge in [0.15, 0.2) is 29.0 Å². The number of phenolic OH excluding ortho intramolecular Hbond substituents is 3. The predicted molar refractivity (Wildman–Crippen MR) is 345 cm³/mol. The van der Waals surface area contributed by atoms with E-state index in [9.17, 15) is 25.2 Å². The number of carbonyl (C=O) groups is 1. The summed E-state index contributed by atoms with van der Waals surface area (Å²) >= 11 is 0. The van der Waals surface area contributed by atoms with Crippen molar-refractivity contribution in [1.82, 2.24) is 41.1 Å². The number of nitrogens with zero attached hydrogens (tertiary/aromatic N) is 3. The highest BCUT2D eigenvalue weighted by Gasteiger charge is 2.61. The second-order valence-corrected chi connectivity index (χ2v) is 27.7. The van der Waals surface area contributed by atoms with E-state index in [2.05, 4.69) is 102 Å². The molecule has 4 aliphatic carbocycles. The van der Waals surface area contributed by atoms with Gasteiger partial charge in [-0.05, 0) is 166 Å². The highest BCUT2D eigenvalue weighted by Crippen LogP contribution is 2.59. The van der Waals surface area contributed by atoms with Gasteiger partial charge in [-0.25, -0.2) is 4.99 Å². The molecule has 0 unspecified atom stereocenters. The lowest BCUT2D eigenvalue weighted by molar-refractivity contribution is -0.174. The van der Waals surface area contributed by atoms with E-state index in [0.29, 0.717) is 86.4 Å². The number of phenols is 3. The molecule has 2 aromatic carbocycles. The summed E-state index contributed by atoms with van der Waals surface area (Å²) in [7, 11) is 2.07. The smallest absolute Gasteiger partial charge is 0.302 e. The monoisotopic (exact) mass is 1240 g/mol. The highest BCUT2D eigenvalue weighted by atomic mass is 16.6. The third-order valence-corrected chi connectivity index (χ3v) is 22.2. The van der Waals surface area contributed by atoms with Crippen LogP contribution in [0.5, 0.6) is 28.7 Å². The predicted octanol–water partition coefficient (Wildman–Crippen LogP) is 8.53. The Morgan fingerprint density at radius 2 is 1.85 bits per heavy atom. The van der Waals surface area contributed by atoms with Crippen LogP contribution in [-0.4, -0.2) is 116 Å². The van der Waals surface area contributed by atoms with Gasteiger partial charge in [-0.3, -0.25) is 15.1 Å². The van der Waals surface area contributed by atoms with Crippen molar-refractivity contribution in [2.45, 2.75) is 177 Å². The number of hydrogen-bond acceptors (Lipinski definition) is 17. The van der Waals surface area contributed by atoms with Gasteiger partial charge in [-0.2, -0.15) is 0 Å². The first kappa shape index (κ1) is 60.7. The van der Waals surface area contributed by atoms with E-state index in [-0.39, 0.29) is 59.4 Å². The Bertz CT molecular complexity index is 3700. The van der Waals surface area contributed by atoms with Gasteiger partial charge < -0.3 is 75.9 Å². The number of esters is 1. The molecule has 19 nitrogen and oxygen atoms in total. The lowest BCUT2D eigenvalue weighted by Gasteiger charge is -2.56. The van der Waals surface area contributed by atoms with Crippen molar-refractivity contribution in [2.24, 2.45) is 51.1 Å². The maximum absolute atomic E-state index is 13.6. The molecule has 480 valence electrons. The summed E-state index contributed by atoms with van der Waals surface area (Å²) in [5, 5.41) is 68.5. The largest absolute Gasteiger partial charge is 0.504 e. The fourth-order valence-electron chi connectivity index (χ4n) is 17.9. The van der Waals surface area contributed by atoms with Gasteiger partial charge >= 0.3 is 5.97 Å². The molecule has 5 fully saturated rings. The van der Waals surface area contributed by atoms with Gasteiger partial charge in [-0.15, -0.1) is 11.8 Å². The maximum Gasteiger partial charge on any atom is 0.302 e. The van der Waals surface area contributed by atoms with E-state index < -0.39 is 65.6 Å². The molecule has 1 spiro atoms. The van der Waals surface area contributed by atoms with E-state index in [1.54, 1.807) is 24.5 Å². The van der Waals surface area contributed by atoms with Crippen LogP contribution < -0.4 is 41.8 Å². The first-order valence-electron chi connectivity index (χ1n) is 33.4. The first-order chi connectivity index (χ1) is 44.2.